The average Bonchev–Trinajstić information content (AvgIpc) is 3.34. The molecule has 1 atom stereocenters. The Morgan fingerprint density at radius 3 is 2.93 bits per heavy atom. The predicted molar refractivity (Wildman–Crippen MR) is 96.7 cm³/mol. The molecule has 4 rings (SSSR count). The van der Waals surface area contributed by atoms with Gasteiger partial charge in [0.2, 0.25) is 5.43 Å². The van der Waals surface area contributed by atoms with Crippen molar-refractivity contribution in [3.05, 3.63) is 57.6 Å². The molecule has 1 fully saturated rings. The number of amides is 1. The number of hydrogen-bond acceptors (Lipinski definition) is 5. The molecule has 0 aliphatic carbocycles. The number of halogens is 2. The first-order chi connectivity index (χ1) is 13.5. The lowest BCUT2D eigenvalue weighted by atomic mass is 10.1. The zero-order valence-corrected chi connectivity index (χ0v) is 14.8. The number of carbonyl (C=O) groups excluding carboxylic acids is 1. The highest BCUT2D eigenvalue weighted by Crippen LogP contribution is 2.14. The fourth-order valence-corrected chi connectivity index (χ4v) is 3.30. The summed E-state index contributed by atoms with van der Waals surface area (Å²) in [5.74, 6) is -2.86. The Balaban J connectivity index is 1.45. The summed E-state index contributed by atoms with van der Waals surface area (Å²) in [7, 11) is 0. The van der Waals surface area contributed by atoms with Crippen molar-refractivity contribution in [2.75, 3.05) is 6.54 Å². The van der Waals surface area contributed by atoms with E-state index < -0.39 is 23.0 Å². The second-order valence-electron chi connectivity index (χ2n) is 6.75. The van der Waals surface area contributed by atoms with Gasteiger partial charge in [0.1, 0.15) is 11.3 Å². The third-order valence-corrected chi connectivity index (χ3v) is 4.75. The average molecular weight is 388 g/mol. The number of carbonyl (C=O) groups is 1. The number of aromatic nitrogens is 4. The zero-order valence-electron chi connectivity index (χ0n) is 14.8. The fraction of sp³-hybridized carbons (Fsp3) is 0.333. The predicted octanol–water partition coefficient (Wildman–Crippen LogP) is 1.08. The van der Waals surface area contributed by atoms with Gasteiger partial charge in [-0.15, -0.1) is 5.10 Å². The Bertz CT molecular complexity index is 1090. The van der Waals surface area contributed by atoms with Crippen LogP contribution in [-0.4, -0.2) is 38.5 Å². The highest BCUT2D eigenvalue weighted by molar-refractivity contribution is 5.97. The largest absolute Gasteiger partial charge is 0.360 e. The smallest absolute Gasteiger partial charge is 0.257 e. The SMILES string of the molecule is O=C(NCc1cn(C[C@@H]2CCCN2)nn1)c1c[nH]c2cc(F)c(F)cc2c1=O. The molecule has 3 aromatic rings. The van der Waals surface area contributed by atoms with Crippen molar-refractivity contribution in [1.29, 1.82) is 0 Å². The molecular formula is C18H18F2N6O2. The number of H-pyrrole nitrogens is 1. The molecule has 10 heteroatoms. The van der Waals surface area contributed by atoms with Gasteiger partial charge in [0.25, 0.3) is 5.91 Å². The van der Waals surface area contributed by atoms with Crippen molar-refractivity contribution in [3.63, 3.8) is 0 Å². The van der Waals surface area contributed by atoms with Gasteiger partial charge in [-0.25, -0.2) is 8.78 Å². The van der Waals surface area contributed by atoms with Crippen LogP contribution in [-0.2, 0) is 13.1 Å². The van der Waals surface area contributed by atoms with Crippen LogP contribution in [0.25, 0.3) is 10.9 Å². The third kappa shape index (κ3) is 3.63. The van der Waals surface area contributed by atoms with Crippen LogP contribution in [0.2, 0.25) is 0 Å². The van der Waals surface area contributed by atoms with Gasteiger partial charge in [0.15, 0.2) is 11.6 Å². The molecule has 1 saturated heterocycles. The summed E-state index contributed by atoms with van der Waals surface area (Å²) in [5, 5.41) is 13.9. The summed E-state index contributed by atoms with van der Waals surface area (Å²) in [6, 6.07) is 2.03. The van der Waals surface area contributed by atoms with E-state index in [0.717, 1.165) is 31.5 Å². The van der Waals surface area contributed by atoms with Gasteiger partial charge in [0, 0.05) is 23.7 Å². The van der Waals surface area contributed by atoms with Gasteiger partial charge in [-0.05, 0) is 25.5 Å². The van der Waals surface area contributed by atoms with Crippen LogP contribution in [0.4, 0.5) is 8.78 Å². The standard InChI is InChI=1S/C18H18F2N6O2/c19-14-4-12-16(5-15(14)20)22-7-13(17(12)27)18(28)23-6-11-9-26(25-24-11)8-10-2-1-3-21-10/h4-5,7,9-10,21H,1-3,6,8H2,(H,22,27)(H,23,28)/t10-/m0/s1. The van der Waals surface area contributed by atoms with E-state index in [0.29, 0.717) is 18.3 Å². The molecule has 1 aliphatic rings. The minimum absolute atomic E-state index is 0.0895. The third-order valence-electron chi connectivity index (χ3n) is 4.75. The molecule has 0 radical (unpaired) electrons. The van der Waals surface area contributed by atoms with E-state index in [2.05, 4.69) is 25.9 Å². The monoisotopic (exact) mass is 388 g/mol. The van der Waals surface area contributed by atoms with Crippen LogP contribution in [0.5, 0.6) is 0 Å². The van der Waals surface area contributed by atoms with Crippen molar-refractivity contribution >= 4 is 16.8 Å². The van der Waals surface area contributed by atoms with Crippen LogP contribution in [0.3, 0.4) is 0 Å². The van der Waals surface area contributed by atoms with Gasteiger partial charge in [-0.3, -0.25) is 14.3 Å². The van der Waals surface area contributed by atoms with Crippen LogP contribution in [0.1, 0.15) is 28.9 Å². The number of fused-ring (bicyclic) bond motifs is 1. The molecule has 3 N–H and O–H groups in total. The van der Waals surface area contributed by atoms with E-state index >= 15 is 0 Å². The molecule has 1 aliphatic heterocycles. The molecule has 8 nitrogen and oxygen atoms in total. The van der Waals surface area contributed by atoms with Gasteiger partial charge in [0.05, 0.1) is 24.8 Å². The summed E-state index contributed by atoms with van der Waals surface area (Å²) in [6.45, 7) is 1.79. The summed E-state index contributed by atoms with van der Waals surface area (Å²) in [5.41, 5.74) is -0.206. The Morgan fingerprint density at radius 1 is 1.32 bits per heavy atom. The van der Waals surface area contributed by atoms with Crippen molar-refractivity contribution < 1.29 is 13.6 Å². The Hall–Kier alpha value is -3.14. The highest BCUT2D eigenvalue weighted by Gasteiger charge is 2.17. The number of rotatable bonds is 5. The van der Waals surface area contributed by atoms with E-state index in [1.165, 1.54) is 6.20 Å². The Labute approximate surface area is 157 Å². The first kappa shape index (κ1) is 18.2. The fourth-order valence-electron chi connectivity index (χ4n) is 3.30. The topological polar surface area (TPSA) is 105 Å². The van der Waals surface area contributed by atoms with Crippen molar-refractivity contribution in [3.8, 4) is 0 Å². The van der Waals surface area contributed by atoms with E-state index in [1.54, 1.807) is 10.9 Å². The number of nitrogens with one attached hydrogen (secondary N) is 3. The first-order valence-corrected chi connectivity index (χ1v) is 8.92. The maximum atomic E-state index is 13.4. The van der Waals surface area contributed by atoms with Gasteiger partial charge >= 0.3 is 0 Å². The molecule has 1 amide bonds. The van der Waals surface area contributed by atoms with Crippen LogP contribution >= 0.6 is 0 Å². The van der Waals surface area contributed by atoms with E-state index in [1.807, 2.05) is 0 Å². The van der Waals surface area contributed by atoms with Gasteiger partial charge in [-0.2, -0.15) is 0 Å². The van der Waals surface area contributed by atoms with Crippen LogP contribution in [0.15, 0.2) is 29.3 Å². The lowest BCUT2D eigenvalue weighted by Crippen LogP contribution is -2.28. The number of hydrogen-bond donors (Lipinski definition) is 3. The first-order valence-electron chi connectivity index (χ1n) is 8.92. The summed E-state index contributed by atoms with van der Waals surface area (Å²) < 4.78 is 28.4. The highest BCUT2D eigenvalue weighted by atomic mass is 19.2. The molecule has 0 bridgehead atoms. The zero-order chi connectivity index (χ0) is 19.7. The minimum Gasteiger partial charge on any atom is -0.360 e. The van der Waals surface area contributed by atoms with Crippen LogP contribution in [0, 0.1) is 11.6 Å². The van der Waals surface area contributed by atoms with E-state index in [4.69, 9.17) is 0 Å². The van der Waals surface area contributed by atoms with Crippen molar-refractivity contribution in [2.45, 2.75) is 32.0 Å². The van der Waals surface area contributed by atoms with Gasteiger partial charge < -0.3 is 15.6 Å². The minimum atomic E-state index is -1.15. The summed E-state index contributed by atoms with van der Waals surface area (Å²) >= 11 is 0. The molecule has 2 aromatic heterocycles. The molecule has 146 valence electrons. The molecule has 3 heterocycles. The molecule has 1 aromatic carbocycles. The molecule has 0 unspecified atom stereocenters. The number of benzene rings is 1. The molecular weight excluding hydrogens is 370 g/mol. The number of nitrogens with zero attached hydrogens (tertiary/aromatic N) is 3. The van der Waals surface area contributed by atoms with E-state index in [9.17, 15) is 18.4 Å². The number of aromatic amines is 1. The maximum absolute atomic E-state index is 13.4. The Morgan fingerprint density at radius 2 is 2.14 bits per heavy atom. The maximum Gasteiger partial charge on any atom is 0.257 e. The van der Waals surface area contributed by atoms with Crippen molar-refractivity contribution in [1.82, 2.24) is 30.6 Å². The lowest BCUT2D eigenvalue weighted by Gasteiger charge is -2.08. The second kappa shape index (κ2) is 7.47. The Kier molecular flexibility index (Phi) is 4.86. The molecule has 0 saturated carbocycles. The lowest BCUT2D eigenvalue weighted by molar-refractivity contribution is 0.0949. The van der Waals surface area contributed by atoms with Gasteiger partial charge in [-0.1, -0.05) is 5.21 Å². The second-order valence-corrected chi connectivity index (χ2v) is 6.75. The van der Waals surface area contributed by atoms with E-state index in [-0.39, 0.29) is 23.0 Å². The normalized spacial score (nSPS) is 16.6. The quantitative estimate of drug-likeness (QED) is 0.607. The number of pyridine rings is 1. The van der Waals surface area contributed by atoms with Crippen LogP contribution < -0.4 is 16.1 Å². The molecule has 28 heavy (non-hydrogen) atoms. The molecule has 0 spiro atoms. The van der Waals surface area contributed by atoms with Crippen molar-refractivity contribution in [2.24, 2.45) is 0 Å². The summed E-state index contributed by atoms with van der Waals surface area (Å²) in [6.07, 6.45) is 5.14. The summed E-state index contributed by atoms with van der Waals surface area (Å²) in [4.78, 5) is 27.4.